The molecule has 0 unspecified atom stereocenters. The second kappa shape index (κ2) is 13.2. The zero-order valence-corrected chi connectivity index (χ0v) is 15.3. The van der Waals surface area contributed by atoms with E-state index < -0.39 is 17.9 Å². The molecule has 0 radical (unpaired) electrons. The maximum atomic E-state index is 11.9. The summed E-state index contributed by atoms with van der Waals surface area (Å²) in [6.45, 7) is 8.99. The summed E-state index contributed by atoms with van der Waals surface area (Å²) in [6.07, 6.45) is 5.89. The Morgan fingerprint density at radius 3 is 2.04 bits per heavy atom. The highest BCUT2D eigenvalue weighted by atomic mass is 16.6. The van der Waals surface area contributed by atoms with Crippen molar-refractivity contribution in [2.24, 2.45) is 5.92 Å². The SMILES string of the molecule is CCOC(=O)C(CCCCCCCN1CCOCC1)C(=O)OCC. The fourth-order valence-corrected chi connectivity index (χ4v) is 2.86. The molecule has 0 aromatic carbocycles. The number of nitrogens with zero attached hydrogens (tertiary/aromatic N) is 1. The summed E-state index contributed by atoms with van der Waals surface area (Å²) in [5, 5.41) is 0. The van der Waals surface area contributed by atoms with Crippen LogP contribution < -0.4 is 0 Å². The van der Waals surface area contributed by atoms with Gasteiger partial charge in [0.2, 0.25) is 0 Å². The Balaban J connectivity index is 2.12. The summed E-state index contributed by atoms with van der Waals surface area (Å²) in [4.78, 5) is 26.2. The minimum atomic E-state index is -0.766. The molecule has 0 aromatic heterocycles. The van der Waals surface area contributed by atoms with Crippen molar-refractivity contribution in [1.82, 2.24) is 4.90 Å². The maximum absolute atomic E-state index is 11.9. The van der Waals surface area contributed by atoms with E-state index in [-0.39, 0.29) is 13.2 Å². The molecule has 0 aliphatic carbocycles. The minimum absolute atomic E-state index is 0.288. The predicted molar refractivity (Wildman–Crippen MR) is 91.7 cm³/mol. The molecule has 6 heteroatoms. The lowest BCUT2D eigenvalue weighted by Gasteiger charge is -2.26. The average Bonchev–Trinajstić information content (AvgIpc) is 2.58. The predicted octanol–water partition coefficient (Wildman–Crippen LogP) is 2.40. The zero-order chi connectivity index (χ0) is 17.6. The van der Waals surface area contributed by atoms with Crippen LogP contribution in [0.2, 0.25) is 0 Å². The topological polar surface area (TPSA) is 65.1 Å². The van der Waals surface area contributed by atoms with Gasteiger partial charge in [0.05, 0.1) is 26.4 Å². The van der Waals surface area contributed by atoms with E-state index in [1.165, 1.54) is 12.8 Å². The monoisotopic (exact) mass is 343 g/mol. The Hall–Kier alpha value is -1.14. The van der Waals surface area contributed by atoms with E-state index in [0.29, 0.717) is 6.42 Å². The smallest absolute Gasteiger partial charge is 0.320 e. The van der Waals surface area contributed by atoms with Crippen LogP contribution in [-0.2, 0) is 23.8 Å². The highest BCUT2D eigenvalue weighted by Gasteiger charge is 2.28. The molecule has 1 saturated heterocycles. The summed E-state index contributed by atoms with van der Waals surface area (Å²) < 4.78 is 15.3. The van der Waals surface area contributed by atoms with Crippen LogP contribution in [0.3, 0.4) is 0 Å². The lowest BCUT2D eigenvalue weighted by Crippen LogP contribution is -2.36. The normalized spacial score (nSPS) is 15.5. The average molecular weight is 343 g/mol. The van der Waals surface area contributed by atoms with Crippen LogP contribution in [0.4, 0.5) is 0 Å². The number of unbranched alkanes of at least 4 members (excludes halogenated alkanes) is 4. The van der Waals surface area contributed by atoms with Gasteiger partial charge in [-0.3, -0.25) is 14.5 Å². The first kappa shape index (κ1) is 20.9. The summed E-state index contributed by atoms with van der Waals surface area (Å²) in [7, 11) is 0. The number of esters is 2. The third-order valence-corrected chi connectivity index (χ3v) is 4.21. The third kappa shape index (κ3) is 8.64. The van der Waals surface area contributed by atoms with E-state index in [1.807, 2.05) is 0 Å². The van der Waals surface area contributed by atoms with Crippen molar-refractivity contribution < 1.29 is 23.8 Å². The third-order valence-electron chi connectivity index (χ3n) is 4.21. The van der Waals surface area contributed by atoms with Gasteiger partial charge in [-0.15, -0.1) is 0 Å². The van der Waals surface area contributed by atoms with Gasteiger partial charge in [0.25, 0.3) is 0 Å². The van der Waals surface area contributed by atoms with Gasteiger partial charge in [0.1, 0.15) is 0 Å². The van der Waals surface area contributed by atoms with Crippen molar-refractivity contribution in [3.63, 3.8) is 0 Å². The molecule has 0 bridgehead atoms. The van der Waals surface area contributed by atoms with Gasteiger partial charge >= 0.3 is 11.9 Å². The summed E-state index contributed by atoms with van der Waals surface area (Å²) >= 11 is 0. The van der Waals surface area contributed by atoms with Gasteiger partial charge < -0.3 is 14.2 Å². The fraction of sp³-hybridized carbons (Fsp3) is 0.889. The van der Waals surface area contributed by atoms with Crippen LogP contribution >= 0.6 is 0 Å². The molecule has 0 saturated carbocycles. The molecular weight excluding hydrogens is 310 g/mol. The fourth-order valence-electron chi connectivity index (χ4n) is 2.86. The zero-order valence-electron chi connectivity index (χ0n) is 15.3. The van der Waals surface area contributed by atoms with Crippen LogP contribution in [0, 0.1) is 5.92 Å². The Morgan fingerprint density at radius 2 is 1.46 bits per heavy atom. The molecule has 0 amide bonds. The first-order valence-electron chi connectivity index (χ1n) is 9.32. The number of carbonyl (C=O) groups is 2. The van der Waals surface area contributed by atoms with Gasteiger partial charge in [0, 0.05) is 13.1 Å². The van der Waals surface area contributed by atoms with Crippen LogP contribution in [0.5, 0.6) is 0 Å². The van der Waals surface area contributed by atoms with Gasteiger partial charge in [-0.25, -0.2) is 0 Å². The number of carbonyl (C=O) groups excluding carboxylic acids is 2. The number of ether oxygens (including phenoxy) is 3. The molecule has 140 valence electrons. The number of hydrogen-bond donors (Lipinski definition) is 0. The Morgan fingerprint density at radius 1 is 0.917 bits per heavy atom. The lowest BCUT2D eigenvalue weighted by atomic mass is 10.0. The van der Waals surface area contributed by atoms with Crippen molar-refractivity contribution in [3.8, 4) is 0 Å². The molecule has 0 atom stereocenters. The van der Waals surface area contributed by atoms with E-state index in [0.717, 1.165) is 52.1 Å². The molecule has 1 aliphatic heterocycles. The molecule has 1 rings (SSSR count). The quantitative estimate of drug-likeness (QED) is 0.308. The van der Waals surface area contributed by atoms with Crippen molar-refractivity contribution in [3.05, 3.63) is 0 Å². The van der Waals surface area contributed by atoms with Gasteiger partial charge in [-0.1, -0.05) is 25.7 Å². The van der Waals surface area contributed by atoms with Crippen LogP contribution in [0.25, 0.3) is 0 Å². The maximum Gasteiger partial charge on any atom is 0.320 e. The van der Waals surface area contributed by atoms with E-state index in [9.17, 15) is 9.59 Å². The van der Waals surface area contributed by atoms with E-state index >= 15 is 0 Å². The Kier molecular flexibility index (Phi) is 11.5. The molecule has 1 heterocycles. The van der Waals surface area contributed by atoms with Crippen molar-refractivity contribution >= 4 is 11.9 Å². The Bertz CT molecular complexity index is 337. The van der Waals surface area contributed by atoms with Crippen molar-refractivity contribution in [1.29, 1.82) is 0 Å². The summed E-state index contributed by atoms with van der Waals surface area (Å²) in [5.74, 6) is -1.68. The van der Waals surface area contributed by atoms with Gasteiger partial charge in [0.15, 0.2) is 5.92 Å². The van der Waals surface area contributed by atoms with Crippen molar-refractivity contribution in [2.45, 2.75) is 52.4 Å². The standard InChI is InChI=1S/C18H33NO5/c1-3-23-17(20)16(18(21)24-4-2)10-8-6-5-7-9-11-19-12-14-22-15-13-19/h16H,3-15H2,1-2H3. The van der Waals surface area contributed by atoms with E-state index in [2.05, 4.69) is 4.90 Å². The molecule has 0 aromatic rings. The number of morpholine rings is 1. The summed E-state index contributed by atoms with van der Waals surface area (Å²) in [6, 6.07) is 0. The van der Waals surface area contributed by atoms with Gasteiger partial charge in [-0.05, 0) is 33.2 Å². The molecule has 24 heavy (non-hydrogen) atoms. The molecule has 1 aliphatic rings. The molecule has 0 N–H and O–H groups in total. The van der Waals surface area contributed by atoms with E-state index in [1.54, 1.807) is 13.8 Å². The highest BCUT2D eigenvalue weighted by molar-refractivity contribution is 5.94. The first-order chi connectivity index (χ1) is 11.7. The van der Waals surface area contributed by atoms with Gasteiger partial charge in [-0.2, -0.15) is 0 Å². The van der Waals surface area contributed by atoms with E-state index in [4.69, 9.17) is 14.2 Å². The molecular formula is C18H33NO5. The van der Waals surface area contributed by atoms with Crippen LogP contribution in [0.1, 0.15) is 52.4 Å². The number of hydrogen-bond acceptors (Lipinski definition) is 6. The lowest BCUT2D eigenvalue weighted by molar-refractivity contribution is -0.161. The van der Waals surface area contributed by atoms with Crippen LogP contribution in [0.15, 0.2) is 0 Å². The summed E-state index contributed by atoms with van der Waals surface area (Å²) in [5.41, 5.74) is 0. The molecule has 6 nitrogen and oxygen atoms in total. The Labute approximate surface area is 145 Å². The second-order valence-electron chi connectivity index (χ2n) is 6.07. The first-order valence-corrected chi connectivity index (χ1v) is 9.32. The molecule has 0 spiro atoms. The second-order valence-corrected chi connectivity index (χ2v) is 6.07. The molecule has 1 fully saturated rings. The van der Waals surface area contributed by atoms with Crippen molar-refractivity contribution in [2.75, 3.05) is 46.1 Å². The minimum Gasteiger partial charge on any atom is -0.465 e. The highest BCUT2D eigenvalue weighted by Crippen LogP contribution is 2.15. The van der Waals surface area contributed by atoms with Crippen LogP contribution in [-0.4, -0.2) is 62.9 Å². The largest absolute Gasteiger partial charge is 0.465 e. The number of rotatable bonds is 12.